The van der Waals surface area contributed by atoms with Gasteiger partial charge in [-0.1, -0.05) is 30.4 Å². The van der Waals surface area contributed by atoms with E-state index in [4.69, 9.17) is 0 Å². The zero-order chi connectivity index (χ0) is 22.6. The molecule has 0 amide bonds. The van der Waals surface area contributed by atoms with Crippen molar-refractivity contribution in [1.82, 2.24) is 14.9 Å². The van der Waals surface area contributed by atoms with E-state index < -0.39 is 12.6 Å². The molecule has 2 aromatic heterocycles. The van der Waals surface area contributed by atoms with Gasteiger partial charge in [0.1, 0.15) is 17.0 Å². The van der Waals surface area contributed by atoms with Crippen molar-refractivity contribution in [3.63, 3.8) is 0 Å². The lowest BCUT2D eigenvalue weighted by Gasteiger charge is -2.25. The van der Waals surface area contributed by atoms with Crippen LogP contribution in [0.5, 0.6) is 0 Å². The van der Waals surface area contributed by atoms with Crippen LogP contribution in [-0.4, -0.2) is 47.2 Å². The molecule has 1 aromatic carbocycles. The number of benzene rings is 1. The summed E-state index contributed by atoms with van der Waals surface area (Å²) in [5.74, 6) is 0.783. The van der Waals surface area contributed by atoms with Gasteiger partial charge in [-0.15, -0.1) is 11.3 Å². The quantitative estimate of drug-likeness (QED) is 0.506. The number of thiophene rings is 1. The number of hydrogen-bond acceptors (Lipinski definition) is 5. The van der Waals surface area contributed by atoms with Crippen molar-refractivity contribution in [3.8, 4) is 0 Å². The SMILES string of the molecule is FC(F)(F)Cc1cc2c(N3CCC4(CCN(Cc5ccc6c(c5)CC=C6)C4)C3)ncnc2s1. The molecule has 3 aliphatic rings. The molecule has 1 atom stereocenters. The van der Waals surface area contributed by atoms with E-state index in [0.29, 0.717) is 9.71 Å². The number of allylic oxidation sites excluding steroid dienone is 1. The maximum Gasteiger partial charge on any atom is 0.393 e. The first-order valence-corrected chi connectivity index (χ1v) is 12.2. The van der Waals surface area contributed by atoms with E-state index in [1.165, 1.54) is 23.0 Å². The summed E-state index contributed by atoms with van der Waals surface area (Å²) in [6.45, 7) is 4.88. The van der Waals surface area contributed by atoms with Crippen LogP contribution in [0.3, 0.4) is 0 Å². The summed E-state index contributed by atoms with van der Waals surface area (Å²) in [5.41, 5.74) is 4.35. The molecule has 0 bridgehead atoms. The van der Waals surface area contributed by atoms with Gasteiger partial charge < -0.3 is 4.90 Å². The Balaban J connectivity index is 1.16. The third-order valence-electron chi connectivity index (χ3n) is 7.24. The van der Waals surface area contributed by atoms with Gasteiger partial charge in [-0.25, -0.2) is 9.97 Å². The summed E-state index contributed by atoms with van der Waals surface area (Å²) in [6, 6.07) is 8.45. The van der Waals surface area contributed by atoms with E-state index in [-0.39, 0.29) is 5.41 Å². The average Bonchev–Trinajstić information content (AvgIpc) is 3.53. The molecule has 0 N–H and O–H groups in total. The standard InChI is InChI=1S/C25H25F3N4S/c26-25(27,28)12-20-11-21-22(29-16-30-23(21)33-20)32-9-7-24(15-32)6-8-31(14-24)13-17-4-5-18-2-1-3-19(18)10-17/h1-2,4-5,10-11,16H,3,6-9,12-15H2. The fourth-order valence-corrected chi connectivity index (χ4v) is 6.73. The number of anilines is 1. The molecule has 4 nitrogen and oxygen atoms in total. The van der Waals surface area contributed by atoms with Gasteiger partial charge in [-0.05, 0) is 48.6 Å². The molecule has 0 radical (unpaired) electrons. The van der Waals surface area contributed by atoms with Gasteiger partial charge >= 0.3 is 6.18 Å². The Morgan fingerprint density at radius 2 is 1.94 bits per heavy atom. The van der Waals surface area contributed by atoms with Crippen molar-refractivity contribution >= 4 is 33.4 Å². The van der Waals surface area contributed by atoms with Crippen LogP contribution in [-0.2, 0) is 19.4 Å². The summed E-state index contributed by atoms with van der Waals surface area (Å²) in [5, 5.41) is 0.750. The van der Waals surface area contributed by atoms with Crippen LogP contribution >= 0.6 is 11.3 Å². The third-order valence-corrected chi connectivity index (χ3v) is 8.28. The van der Waals surface area contributed by atoms with Crippen molar-refractivity contribution in [1.29, 1.82) is 0 Å². The zero-order valence-electron chi connectivity index (χ0n) is 18.2. The minimum atomic E-state index is -4.21. The fraction of sp³-hybridized carbons (Fsp3) is 0.440. The van der Waals surface area contributed by atoms with Gasteiger partial charge in [0.2, 0.25) is 0 Å². The summed E-state index contributed by atoms with van der Waals surface area (Å²) in [7, 11) is 0. The number of halogens is 3. The molecule has 1 unspecified atom stereocenters. The maximum atomic E-state index is 12.9. The highest BCUT2D eigenvalue weighted by Crippen LogP contribution is 2.43. The van der Waals surface area contributed by atoms with Crippen LogP contribution in [0.4, 0.5) is 19.0 Å². The number of fused-ring (bicyclic) bond motifs is 2. The second-order valence-electron chi connectivity index (χ2n) is 9.69. The molecule has 2 aliphatic heterocycles. The first kappa shape index (κ1) is 21.1. The van der Waals surface area contributed by atoms with E-state index in [1.807, 2.05) is 0 Å². The molecule has 1 spiro atoms. The van der Waals surface area contributed by atoms with Gasteiger partial charge in [-0.3, -0.25) is 4.90 Å². The van der Waals surface area contributed by atoms with E-state index in [0.717, 1.165) is 74.5 Å². The number of hydrogen-bond donors (Lipinski definition) is 0. The molecular formula is C25H25F3N4S. The molecule has 0 saturated carbocycles. The molecule has 2 saturated heterocycles. The highest BCUT2D eigenvalue weighted by atomic mass is 32.1. The topological polar surface area (TPSA) is 32.3 Å². The highest BCUT2D eigenvalue weighted by molar-refractivity contribution is 7.18. The summed E-state index contributed by atoms with van der Waals surface area (Å²) in [6.07, 6.45) is 4.04. The second kappa shape index (κ2) is 7.81. The summed E-state index contributed by atoms with van der Waals surface area (Å²) in [4.78, 5) is 14.5. The van der Waals surface area contributed by atoms with Gasteiger partial charge in [0.05, 0.1) is 11.8 Å². The maximum absolute atomic E-state index is 12.9. The van der Waals surface area contributed by atoms with Gasteiger partial charge in [0, 0.05) is 36.5 Å². The third kappa shape index (κ3) is 4.15. The molecule has 172 valence electrons. The predicted molar refractivity (Wildman–Crippen MR) is 126 cm³/mol. The Morgan fingerprint density at radius 1 is 1.06 bits per heavy atom. The lowest BCUT2D eigenvalue weighted by molar-refractivity contribution is -0.126. The van der Waals surface area contributed by atoms with Gasteiger partial charge in [0.25, 0.3) is 0 Å². The average molecular weight is 471 g/mol. The van der Waals surface area contributed by atoms with Crippen LogP contribution in [0.2, 0.25) is 0 Å². The Labute approximate surface area is 194 Å². The van der Waals surface area contributed by atoms with Crippen molar-refractivity contribution in [3.05, 3.63) is 58.2 Å². The monoisotopic (exact) mass is 470 g/mol. The Morgan fingerprint density at radius 3 is 2.82 bits per heavy atom. The normalized spacial score (nSPS) is 22.8. The molecule has 2 fully saturated rings. The van der Waals surface area contributed by atoms with E-state index in [1.54, 1.807) is 6.07 Å². The van der Waals surface area contributed by atoms with Crippen molar-refractivity contribution < 1.29 is 13.2 Å². The van der Waals surface area contributed by atoms with Crippen LogP contribution in [0.1, 0.15) is 34.4 Å². The zero-order valence-corrected chi connectivity index (χ0v) is 19.1. The minimum absolute atomic E-state index is 0.223. The molecule has 8 heteroatoms. The van der Waals surface area contributed by atoms with Crippen molar-refractivity contribution in [2.45, 2.75) is 38.4 Å². The molecular weight excluding hydrogens is 445 g/mol. The first-order valence-electron chi connectivity index (χ1n) is 11.4. The van der Waals surface area contributed by atoms with Crippen molar-refractivity contribution in [2.24, 2.45) is 5.41 Å². The molecule has 3 aromatic rings. The van der Waals surface area contributed by atoms with Crippen LogP contribution in [0.15, 0.2) is 36.7 Å². The minimum Gasteiger partial charge on any atom is -0.355 e. The smallest absolute Gasteiger partial charge is 0.355 e. The van der Waals surface area contributed by atoms with E-state index in [9.17, 15) is 13.2 Å². The Bertz CT molecular complexity index is 1230. The second-order valence-corrected chi connectivity index (χ2v) is 10.8. The molecule has 33 heavy (non-hydrogen) atoms. The summed E-state index contributed by atoms with van der Waals surface area (Å²) < 4.78 is 38.6. The number of alkyl halides is 3. The lowest BCUT2D eigenvalue weighted by atomic mass is 9.86. The first-order chi connectivity index (χ1) is 15.9. The number of aromatic nitrogens is 2. The van der Waals surface area contributed by atoms with E-state index >= 15 is 0 Å². The van der Waals surface area contributed by atoms with Gasteiger partial charge in [-0.2, -0.15) is 13.2 Å². The van der Waals surface area contributed by atoms with Crippen molar-refractivity contribution in [2.75, 3.05) is 31.1 Å². The predicted octanol–water partition coefficient (Wildman–Crippen LogP) is 5.47. The van der Waals surface area contributed by atoms with Crippen LogP contribution in [0.25, 0.3) is 16.3 Å². The lowest BCUT2D eigenvalue weighted by Crippen LogP contribution is -2.31. The highest BCUT2D eigenvalue weighted by Gasteiger charge is 2.44. The van der Waals surface area contributed by atoms with Crippen LogP contribution in [0, 0.1) is 5.41 Å². The molecule has 1 aliphatic carbocycles. The largest absolute Gasteiger partial charge is 0.393 e. The number of rotatable bonds is 4. The Kier molecular flexibility index (Phi) is 4.99. The fourth-order valence-electron chi connectivity index (χ4n) is 5.71. The molecule has 4 heterocycles. The summed E-state index contributed by atoms with van der Waals surface area (Å²) >= 11 is 1.12. The van der Waals surface area contributed by atoms with E-state index in [2.05, 4.69) is 50.1 Å². The van der Waals surface area contributed by atoms with Gasteiger partial charge in [0.15, 0.2) is 0 Å². The number of nitrogens with zero attached hydrogens (tertiary/aromatic N) is 4. The molecule has 6 rings (SSSR count). The Hall–Kier alpha value is -2.45. The van der Waals surface area contributed by atoms with Crippen LogP contribution < -0.4 is 4.90 Å². The number of likely N-dealkylation sites (tertiary alicyclic amines) is 1.